The van der Waals surface area contributed by atoms with E-state index < -0.39 is 0 Å². The van der Waals surface area contributed by atoms with Gasteiger partial charge in [0.15, 0.2) is 0 Å². The molecule has 0 N–H and O–H groups in total. The van der Waals surface area contributed by atoms with Gasteiger partial charge in [-0.2, -0.15) is 0 Å². The monoisotopic (exact) mass is 212 g/mol. The van der Waals surface area contributed by atoms with E-state index in [-0.39, 0.29) is 24.1 Å². The molecule has 5 unspecified atom stereocenters. The molecule has 0 aliphatic carbocycles. The summed E-state index contributed by atoms with van der Waals surface area (Å²) in [6.45, 7) is 6.93. The van der Waals surface area contributed by atoms with Crippen molar-refractivity contribution < 1.29 is 14.3 Å². The molecule has 2 saturated heterocycles. The van der Waals surface area contributed by atoms with Gasteiger partial charge in [-0.1, -0.05) is 20.8 Å². The van der Waals surface area contributed by atoms with Crippen LogP contribution in [0.25, 0.3) is 0 Å². The maximum Gasteiger partial charge on any atom is 0.311 e. The number of hydrogen-bond donors (Lipinski definition) is 0. The SMILES string of the molecule is CCCOC(=O)C1CC2OC1C(C)C2C. The lowest BCUT2D eigenvalue weighted by atomic mass is 9.76. The van der Waals surface area contributed by atoms with Crippen LogP contribution in [0.5, 0.6) is 0 Å². The van der Waals surface area contributed by atoms with Crippen molar-refractivity contribution in [2.24, 2.45) is 17.8 Å². The third-order valence-electron chi connectivity index (χ3n) is 3.90. The first-order valence-electron chi connectivity index (χ1n) is 5.97. The first kappa shape index (κ1) is 10.9. The number of fused-ring (bicyclic) bond motifs is 2. The molecule has 2 fully saturated rings. The molecule has 0 radical (unpaired) electrons. The van der Waals surface area contributed by atoms with Gasteiger partial charge in [0.25, 0.3) is 0 Å². The lowest BCUT2D eigenvalue weighted by molar-refractivity contribution is -0.151. The van der Waals surface area contributed by atoms with E-state index in [9.17, 15) is 4.79 Å². The van der Waals surface area contributed by atoms with Crippen molar-refractivity contribution in [2.45, 2.75) is 45.8 Å². The molecular weight excluding hydrogens is 192 g/mol. The van der Waals surface area contributed by atoms with E-state index in [0.29, 0.717) is 18.4 Å². The van der Waals surface area contributed by atoms with Crippen LogP contribution in [0.4, 0.5) is 0 Å². The van der Waals surface area contributed by atoms with Gasteiger partial charge in [0.2, 0.25) is 0 Å². The Bertz CT molecular complexity index is 249. The Morgan fingerprint density at radius 3 is 2.67 bits per heavy atom. The van der Waals surface area contributed by atoms with Crippen LogP contribution in [-0.2, 0) is 14.3 Å². The van der Waals surface area contributed by atoms with E-state index in [1.54, 1.807) is 0 Å². The number of carbonyl (C=O) groups is 1. The smallest absolute Gasteiger partial charge is 0.311 e. The molecule has 2 aliphatic heterocycles. The lowest BCUT2D eigenvalue weighted by Gasteiger charge is -2.26. The number of hydrogen-bond acceptors (Lipinski definition) is 3. The average Bonchev–Trinajstić information content (AvgIpc) is 2.77. The van der Waals surface area contributed by atoms with Crippen LogP contribution in [0.1, 0.15) is 33.6 Å². The van der Waals surface area contributed by atoms with Crippen molar-refractivity contribution in [3.8, 4) is 0 Å². The highest BCUT2D eigenvalue weighted by Crippen LogP contribution is 2.46. The van der Waals surface area contributed by atoms with Crippen molar-refractivity contribution in [1.82, 2.24) is 0 Å². The van der Waals surface area contributed by atoms with Gasteiger partial charge in [-0.05, 0) is 24.7 Å². The van der Waals surface area contributed by atoms with Crippen LogP contribution >= 0.6 is 0 Å². The molecular formula is C12H20O3. The molecule has 0 amide bonds. The third-order valence-corrected chi connectivity index (χ3v) is 3.90. The molecule has 2 aliphatic rings. The molecule has 86 valence electrons. The van der Waals surface area contributed by atoms with Gasteiger partial charge in [-0.3, -0.25) is 4.79 Å². The summed E-state index contributed by atoms with van der Waals surface area (Å²) in [4.78, 5) is 11.7. The highest BCUT2D eigenvalue weighted by Gasteiger charge is 2.53. The van der Waals surface area contributed by atoms with Gasteiger partial charge in [-0.25, -0.2) is 0 Å². The van der Waals surface area contributed by atoms with Crippen molar-refractivity contribution in [2.75, 3.05) is 6.61 Å². The number of carbonyl (C=O) groups excluding carboxylic acids is 1. The topological polar surface area (TPSA) is 35.5 Å². The second-order valence-electron chi connectivity index (χ2n) is 4.87. The molecule has 0 aromatic carbocycles. The number of esters is 1. The van der Waals surface area contributed by atoms with Gasteiger partial charge < -0.3 is 9.47 Å². The summed E-state index contributed by atoms with van der Waals surface area (Å²) in [7, 11) is 0. The van der Waals surface area contributed by atoms with Crippen LogP contribution < -0.4 is 0 Å². The average molecular weight is 212 g/mol. The van der Waals surface area contributed by atoms with E-state index in [0.717, 1.165) is 12.8 Å². The Hall–Kier alpha value is -0.570. The highest BCUT2D eigenvalue weighted by atomic mass is 16.5. The number of ether oxygens (including phenoxy) is 2. The molecule has 2 heterocycles. The van der Waals surface area contributed by atoms with E-state index >= 15 is 0 Å². The lowest BCUT2D eigenvalue weighted by Crippen LogP contribution is -2.35. The Kier molecular flexibility index (Phi) is 3.01. The zero-order chi connectivity index (χ0) is 11.0. The molecule has 0 aromatic heterocycles. The van der Waals surface area contributed by atoms with Crippen molar-refractivity contribution >= 4 is 5.97 Å². The summed E-state index contributed by atoms with van der Waals surface area (Å²) in [5.74, 6) is 1.02. The Labute approximate surface area is 91.1 Å². The fourth-order valence-corrected chi connectivity index (χ4v) is 2.74. The van der Waals surface area contributed by atoms with Crippen molar-refractivity contribution in [3.63, 3.8) is 0 Å². The summed E-state index contributed by atoms with van der Waals surface area (Å²) in [5, 5.41) is 0. The zero-order valence-electron chi connectivity index (χ0n) is 9.73. The fourth-order valence-electron chi connectivity index (χ4n) is 2.74. The minimum absolute atomic E-state index is 0.00671. The largest absolute Gasteiger partial charge is 0.465 e. The predicted molar refractivity (Wildman–Crippen MR) is 56.3 cm³/mol. The van der Waals surface area contributed by atoms with Crippen molar-refractivity contribution in [1.29, 1.82) is 0 Å². The van der Waals surface area contributed by atoms with E-state index in [2.05, 4.69) is 13.8 Å². The second kappa shape index (κ2) is 4.12. The minimum Gasteiger partial charge on any atom is -0.465 e. The van der Waals surface area contributed by atoms with Gasteiger partial charge >= 0.3 is 5.97 Å². The molecule has 2 bridgehead atoms. The summed E-state index contributed by atoms with van der Waals surface area (Å²) in [6.07, 6.45) is 2.14. The fraction of sp³-hybridized carbons (Fsp3) is 0.917. The second-order valence-corrected chi connectivity index (χ2v) is 4.87. The van der Waals surface area contributed by atoms with Crippen molar-refractivity contribution in [3.05, 3.63) is 0 Å². The van der Waals surface area contributed by atoms with Gasteiger partial charge in [-0.15, -0.1) is 0 Å². The molecule has 2 rings (SSSR count). The maximum atomic E-state index is 11.7. The summed E-state index contributed by atoms with van der Waals surface area (Å²) in [6, 6.07) is 0. The first-order valence-corrected chi connectivity index (χ1v) is 5.97. The predicted octanol–water partition coefficient (Wildman–Crippen LogP) is 2.00. The molecule has 0 aromatic rings. The minimum atomic E-state index is -0.0527. The molecule has 0 spiro atoms. The molecule has 5 atom stereocenters. The zero-order valence-corrected chi connectivity index (χ0v) is 9.73. The van der Waals surface area contributed by atoms with E-state index in [4.69, 9.17) is 9.47 Å². The van der Waals surface area contributed by atoms with Crippen LogP contribution in [0.3, 0.4) is 0 Å². The Morgan fingerprint density at radius 2 is 2.13 bits per heavy atom. The molecule has 15 heavy (non-hydrogen) atoms. The van der Waals surface area contributed by atoms with Gasteiger partial charge in [0, 0.05) is 0 Å². The normalized spacial score (nSPS) is 43.3. The van der Waals surface area contributed by atoms with Gasteiger partial charge in [0.05, 0.1) is 24.7 Å². The van der Waals surface area contributed by atoms with Crippen LogP contribution in [0.15, 0.2) is 0 Å². The number of rotatable bonds is 3. The van der Waals surface area contributed by atoms with Gasteiger partial charge in [0.1, 0.15) is 0 Å². The third kappa shape index (κ3) is 1.78. The van der Waals surface area contributed by atoms with Crippen LogP contribution in [0.2, 0.25) is 0 Å². The standard InChI is InChI=1S/C12H20O3/c1-4-5-14-12(13)9-6-10-7(2)8(3)11(9)15-10/h7-11H,4-6H2,1-3H3. The summed E-state index contributed by atoms with van der Waals surface area (Å²) in [5.41, 5.74) is 0. The van der Waals surface area contributed by atoms with Crippen LogP contribution in [-0.4, -0.2) is 24.8 Å². The van der Waals surface area contributed by atoms with E-state index in [1.165, 1.54) is 0 Å². The molecule has 3 nitrogen and oxygen atoms in total. The maximum absolute atomic E-state index is 11.7. The highest BCUT2D eigenvalue weighted by molar-refractivity contribution is 5.73. The molecule has 0 saturated carbocycles. The Balaban J connectivity index is 1.94. The van der Waals surface area contributed by atoms with E-state index in [1.807, 2.05) is 6.92 Å². The Morgan fingerprint density at radius 1 is 1.40 bits per heavy atom. The quantitative estimate of drug-likeness (QED) is 0.671. The molecule has 3 heteroatoms. The first-order chi connectivity index (χ1) is 7.15. The van der Waals surface area contributed by atoms with Crippen LogP contribution in [0, 0.1) is 17.8 Å². The summed E-state index contributed by atoms with van der Waals surface area (Å²) >= 11 is 0. The summed E-state index contributed by atoms with van der Waals surface area (Å²) < 4.78 is 11.0.